The van der Waals surface area contributed by atoms with Crippen LogP contribution in [0.15, 0.2) is 15.8 Å². The SMILES string of the molecule is CC1CC(N2N=Ic3cncnc32)CN1C(=O)OC(C)(C)C. The number of rotatable bonds is 1. The van der Waals surface area contributed by atoms with E-state index in [4.69, 9.17) is 4.74 Å². The van der Waals surface area contributed by atoms with Crippen molar-refractivity contribution >= 4 is 32.9 Å². The van der Waals surface area contributed by atoms with Crippen LogP contribution in [0.3, 0.4) is 0 Å². The highest BCUT2D eigenvalue weighted by Gasteiger charge is 2.39. The van der Waals surface area contributed by atoms with Crippen LogP contribution < -0.4 is 5.01 Å². The van der Waals surface area contributed by atoms with E-state index in [1.807, 2.05) is 32.0 Å². The van der Waals surface area contributed by atoms with Crippen LogP contribution in [0.4, 0.5) is 10.6 Å². The van der Waals surface area contributed by atoms with Crippen LogP contribution in [0, 0.1) is 3.57 Å². The Balaban J connectivity index is 1.72. The van der Waals surface area contributed by atoms with Crippen LogP contribution in [0.1, 0.15) is 34.1 Å². The molecule has 1 amide bonds. The number of hydrogen-bond donors (Lipinski definition) is 0. The first-order valence-electron chi connectivity index (χ1n) is 7.29. The van der Waals surface area contributed by atoms with Gasteiger partial charge < -0.3 is 9.64 Å². The molecule has 0 saturated carbocycles. The summed E-state index contributed by atoms with van der Waals surface area (Å²) >= 11 is -0.412. The number of likely N-dealkylation sites (tertiary alicyclic amines) is 1. The predicted molar refractivity (Wildman–Crippen MR) is 90.5 cm³/mol. The molecule has 1 aromatic heterocycles. The summed E-state index contributed by atoms with van der Waals surface area (Å²) < 4.78 is 11.3. The normalized spacial score (nSPS) is 24.2. The van der Waals surface area contributed by atoms with Gasteiger partial charge in [-0.3, -0.25) is 0 Å². The van der Waals surface area contributed by atoms with E-state index in [0.717, 1.165) is 15.8 Å². The van der Waals surface area contributed by atoms with Gasteiger partial charge in [0.2, 0.25) is 0 Å². The Bertz CT molecular complexity index is 615. The van der Waals surface area contributed by atoms with E-state index in [-0.39, 0.29) is 18.2 Å². The smallest absolute Gasteiger partial charge is 0.410 e. The summed E-state index contributed by atoms with van der Waals surface area (Å²) in [5.74, 6) is 0.908. The van der Waals surface area contributed by atoms with Crippen molar-refractivity contribution in [2.75, 3.05) is 11.6 Å². The average Bonchev–Trinajstić information content (AvgIpc) is 3.00. The van der Waals surface area contributed by atoms with Crippen LogP contribution in [-0.2, 0) is 4.74 Å². The average molecular weight is 417 g/mol. The molecule has 0 aliphatic carbocycles. The zero-order valence-electron chi connectivity index (χ0n) is 13.2. The monoisotopic (exact) mass is 417 g/mol. The highest BCUT2D eigenvalue weighted by Crippen LogP contribution is 2.37. The summed E-state index contributed by atoms with van der Waals surface area (Å²) in [6.07, 6.45) is 4.03. The van der Waals surface area contributed by atoms with Crippen molar-refractivity contribution in [3.63, 3.8) is 0 Å². The molecule has 1 aromatic rings. The minimum absolute atomic E-state index is 0.138. The van der Waals surface area contributed by atoms with Gasteiger partial charge in [-0.15, -0.1) is 3.25 Å². The molecule has 120 valence electrons. The fraction of sp³-hybridized carbons (Fsp3) is 0.643. The van der Waals surface area contributed by atoms with Crippen molar-refractivity contribution in [1.82, 2.24) is 14.9 Å². The number of ether oxygens (including phenoxy) is 1. The Labute approximate surface area is 140 Å². The first-order valence-corrected chi connectivity index (χ1v) is 9.33. The number of carbonyl (C=O) groups is 1. The molecule has 8 heteroatoms. The van der Waals surface area contributed by atoms with Gasteiger partial charge in [-0.1, -0.05) is 0 Å². The lowest BCUT2D eigenvalue weighted by molar-refractivity contribution is 0.0237. The lowest BCUT2D eigenvalue weighted by Gasteiger charge is -2.27. The number of nitrogens with zero attached hydrogens (tertiary/aromatic N) is 5. The van der Waals surface area contributed by atoms with Crippen molar-refractivity contribution < 1.29 is 9.53 Å². The maximum atomic E-state index is 12.3. The third kappa shape index (κ3) is 3.06. The summed E-state index contributed by atoms with van der Waals surface area (Å²) in [6.45, 7) is 8.33. The number of anilines is 1. The summed E-state index contributed by atoms with van der Waals surface area (Å²) in [6, 6.07) is 0.303. The molecule has 0 aromatic carbocycles. The molecular formula is C14H20IN5O2. The summed E-state index contributed by atoms with van der Waals surface area (Å²) in [4.78, 5) is 22.5. The highest BCUT2D eigenvalue weighted by molar-refractivity contribution is 14.2. The molecule has 0 spiro atoms. The van der Waals surface area contributed by atoms with Crippen LogP contribution in [0.25, 0.3) is 0 Å². The molecule has 2 atom stereocenters. The molecule has 3 rings (SSSR count). The molecule has 0 radical (unpaired) electrons. The second-order valence-electron chi connectivity index (χ2n) is 6.57. The molecule has 1 saturated heterocycles. The van der Waals surface area contributed by atoms with Gasteiger partial charge in [-0.2, -0.15) is 0 Å². The van der Waals surface area contributed by atoms with Crippen molar-refractivity contribution in [3.8, 4) is 0 Å². The minimum Gasteiger partial charge on any atom is -0.444 e. The van der Waals surface area contributed by atoms with Gasteiger partial charge in [0.1, 0.15) is 11.9 Å². The summed E-state index contributed by atoms with van der Waals surface area (Å²) in [7, 11) is 0. The van der Waals surface area contributed by atoms with Gasteiger partial charge in [0.05, 0.1) is 30.6 Å². The lowest BCUT2D eigenvalue weighted by atomic mass is 10.2. The second-order valence-corrected chi connectivity index (χ2v) is 8.65. The van der Waals surface area contributed by atoms with E-state index in [2.05, 4.69) is 20.1 Å². The van der Waals surface area contributed by atoms with Crippen LogP contribution in [0.2, 0.25) is 0 Å². The second kappa shape index (κ2) is 5.71. The molecule has 2 aliphatic heterocycles. The molecule has 2 unspecified atom stereocenters. The molecule has 0 bridgehead atoms. The molecule has 7 nitrogen and oxygen atoms in total. The molecule has 2 aliphatic rings. The first-order chi connectivity index (χ1) is 10.3. The molecular weight excluding hydrogens is 397 g/mol. The minimum atomic E-state index is -0.474. The Hall–Kier alpha value is -1.32. The molecule has 0 N–H and O–H groups in total. The van der Waals surface area contributed by atoms with Gasteiger partial charge in [-0.05, 0) is 34.1 Å². The Morgan fingerprint density at radius 1 is 1.45 bits per heavy atom. The van der Waals surface area contributed by atoms with Crippen LogP contribution >= 0.6 is 21.0 Å². The fourth-order valence-electron chi connectivity index (χ4n) is 2.64. The Morgan fingerprint density at radius 3 is 2.95 bits per heavy atom. The largest absolute Gasteiger partial charge is 0.444 e. The van der Waals surface area contributed by atoms with Crippen molar-refractivity contribution in [2.45, 2.75) is 51.8 Å². The van der Waals surface area contributed by atoms with Crippen molar-refractivity contribution in [3.05, 3.63) is 16.1 Å². The maximum Gasteiger partial charge on any atom is 0.410 e. The van der Waals surface area contributed by atoms with E-state index < -0.39 is 26.6 Å². The third-order valence-corrected chi connectivity index (χ3v) is 5.56. The number of amides is 1. The molecule has 1 fully saturated rings. The number of fused-ring (bicyclic) bond motifs is 1. The predicted octanol–water partition coefficient (Wildman–Crippen LogP) is 2.93. The van der Waals surface area contributed by atoms with Gasteiger partial charge in [0.15, 0.2) is 5.82 Å². The standard InChI is InChI=1S/C14H20IN5O2/c1-9-5-10(7-19(9)13(21)22-14(2,3)4)20-12-11(15-18-20)6-16-8-17-12/h6,8-10H,5,7H2,1-4H3. The number of halogens is 1. The summed E-state index contributed by atoms with van der Waals surface area (Å²) in [5, 5.41) is 1.99. The quantitative estimate of drug-likeness (QED) is 0.658. The van der Waals surface area contributed by atoms with Gasteiger partial charge in [-0.25, -0.2) is 19.8 Å². The number of aromatic nitrogens is 2. The van der Waals surface area contributed by atoms with E-state index in [1.54, 1.807) is 11.2 Å². The van der Waals surface area contributed by atoms with E-state index in [0.29, 0.717) is 6.54 Å². The van der Waals surface area contributed by atoms with Gasteiger partial charge >= 0.3 is 6.09 Å². The number of hydrogen-bond acceptors (Lipinski definition) is 6. The fourth-order valence-corrected chi connectivity index (χ4v) is 4.55. The third-order valence-electron chi connectivity index (χ3n) is 3.60. The van der Waals surface area contributed by atoms with E-state index in [1.165, 1.54) is 0 Å². The van der Waals surface area contributed by atoms with Gasteiger partial charge in [0, 0.05) is 18.8 Å². The Morgan fingerprint density at radius 2 is 2.23 bits per heavy atom. The van der Waals surface area contributed by atoms with Crippen molar-refractivity contribution in [1.29, 1.82) is 0 Å². The maximum absolute atomic E-state index is 12.3. The molecule has 3 heterocycles. The lowest BCUT2D eigenvalue weighted by Crippen LogP contribution is -2.40. The Kier molecular flexibility index (Phi) is 4.04. The van der Waals surface area contributed by atoms with Gasteiger partial charge in [0.25, 0.3) is 0 Å². The zero-order valence-corrected chi connectivity index (χ0v) is 15.3. The van der Waals surface area contributed by atoms with E-state index >= 15 is 0 Å². The first kappa shape index (κ1) is 15.6. The van der Waals surface area contributed by atoms with Crippen molar-refractivity contribution in [2.24, 2.45) is 3.25 Å². The topological polar surface area (TPSA) is 70.9 Å². The van der Waals surface area contributed by atoms with Crippen LogP contribution in [-0.4, -0.2) is 45.2 Å². The molecule has 22 heavy (non-hydrogen) atoms. The summed E-state index contributed by atoms with van der Waals surface area (Å²) in [5.41, 5.74) is -0.474. The zero-order chi connectivity index (χ0) is 15.9. The van der Waals surface area contributed by atoms with E-state index in [9.17, 15) is 4.79 Å². The highest BCUT2D eigenvalue weighted by atomic mass is 127. The van der Waals surface area contributed by atoms with Crippen LogP contribution in [0.5, 0.6) is 0 Å². The number of carbonyl (C=O) groups excluding carboxylic acids is 1.